The maximum Gasteiger partial charge on any atom is 0.0453 e. The van der Waals surface area contributed by atoms with Gasteiger partial charge in [0.25, 0.3) is 0 Å². The van der Waals surface area contributed by atoms with Gasteiger partial charge in [0, 0.05) is 17.0 Å². The molecule has 0 saturated heterocycles. The number of rotatable bonds is 1. The molecule has 0 saturated carbocycles. The molecule has 1 aromatic heterocycles. The fraction of sp³-hybridized carbons (Fsp3) is 0.417. The van der Waals surface area contributed by atoms with Gasteiger partial charge in [-0.25, -0.2) is 0 Å². The van der Waals surface area contributed by atoms with Crippen LogP contribution in [0.3, 0.4) is 0 Å². The van der Waals surface area contributed by atoms with Crippen molar-refractivity contribution in [3.8, 4) is 0 Å². The van der Waals surface area contributed by atoms with E-state index in [-0.39, 0.29) is 0 Å². The van der Waals surface area contributed by atoms with Gasteiger partial charge in [0.05, 0.1) is 0 Å². The third-order valence-corrected chi connectivity index (χ3v) is 2.35. The summed E-state index contributed by atoms with van der Waals surface area (Å²) in [4.78, 5) is 4.46. The largest absolute Gasteiger partial charge is 0.258 e. The molecule has 1 aromatic rings. The zero-order chi connectivity index (χ0) is 10.0. The van der Waals surface area contributed by atoms with E-state index >= 15 is 0 Å². The maximum absolute atomic E-state index is 4.46. The van der Waals surface area contributed by atoms with Crippen LogP contribution in [0.25, 0.3) is 5.57 Å². The van der Waals surface area contributed by atoms with Crippen LogP contribution >= 0.6 is 0 Å². The summed E-state index contributed by atoms with van der Waals surface area (Å²) in [7, 11) is 0. The van der Waals surface area contributed by atoms with E-state index in [0.717, 1.165) is 11.4 Å². The summed E-state index contributed by atoms with van der Waals surface area (Å²) in [6, 6.07) is 2.13. The van der Waals surface area contributed by atoms with Crippen molar-refractivity contribution in [3.63, 3.8) is 0 Å². The monoisotopic (exact) mass is 175 g/mol. The molecule has 1 nitrogen and oxygen atoms in total. The molecule has 1 heteroatoms. The fourth-order valence-electron chi connectivity index (χ4n) is 1.76. The topological polar surface area (TPSA) is 12.9 Å². The Morgan fingerprint density at radius 2 is 1.92 bits per heavy atom. The Labute approximate surface area is 80.5 Å². The standard InChI is InChI=1S/C12H17N/c1-6-8(2)12-9(3)7-10(4)13-11(12)5/h6-7H,1-5H3/b8-6-. The second-order valence-electron chi connectivity index (χ2n) is 3.51. The highest BCUT2D eigenvalue weighted by Gasteiger charge is 2.05. The van der Waals surface area contributed by atoms with Gasteiger partial charge in [0.2, 0.25) is 0 Å². The van der Waals surface area contributed by atoms with Crippen LogP contribution in [0.4, 0.5) is 0 Å². The molecule has 0 bridgehead atoms. The molecule has 0 N–H and O–H groups in total. The zero-order valence-electron chi connectivity index (χ0n) is 9.10. The highest BCUT2D eigenvalue weighted by atomic mass is 14.7. The van der Waals surface area contributed by atoms with E-state index in [4.69, 9.17) is 0 Å². The molecule has 0 fully saturated rings. The van der Waals surface area contributed by atoms with Crippen molar-refractivity contribution in [2.24, 2.45) is 0 Å². The van der Waals surface area contributed by atoms with Crippen molar-refractivity contribution in [2.75, 3.05) is 0 Å². The second kappa shape index (κ2) is 3.73. The van der Waals surface area contributed by atoms with Crippen LogP contribution in [-0.4, -0.2) is 4.98 Å². The molecule has 13 heavy (non-hydrogen) atoms. The molecular weight excluding hydrogens is 158 g/mol. The Morgan fingerprint density at radius 1 is 1.31 bits per heavy atom. The lowest BCUT2D eigenvalue weighted by atomic mass is 10.00. The summed E-state index contributed by atoms with van der Waals surface area (Å²) in [5.41, 5.74) is 6.16. The second-order valence-corrected chi connectivity index (χ2v) is 3.51. The number of hydrogen-bond acceptors (Lipinski definition) is 1. The first-order valence-electron chi connectivity index (χ1n) is 4.64. The smallest absolute Gasteiger partial charge is 0.0453 e. The van der Waals surface area contributed by atoms with Crippen LogP contribution < -0.4 is 0 Å². The lowest BCUT2D eigenvalue weighted by Crippen LogP contribution is -1.96. The van der Waals surface area contributed by atoms with Gasteiger partial charge >= 0.3 is 0 Å². The van der Waals surface area contributed by atoms with E-state index in [0.29, 0.717) is 0 Å². The molecule has 1 heterocycles. The van der Waals surface area contributed by atoms with Crippen LogP contribution in [0.2, 0.25) is 0 Å². The van der Waals surface area contributed by atoms with Gasteiger partial charge in [-0.3, -0.25) is 4.98 Å². The van der Waals surface area contributed by atoms with E-state index in [1.165, 1.54) is 16.7 Å². The Hall–Kier alpha value is -1.11. The van der Waals surface area contributed by atoms with Crippen molar-refractivity contribution in [1.82, 2.24) is 4.98 Å². The van der Waals surface area contributed by atoms with Gasteiger partial charge in [-0.15, -0.1) is 0 Å². The number of pyridine rings is 1. The summed E-state index contributed by atoms with van der Waals surface area (Å²) in [6.07, 6.45) is 2.13. The first-order chi connectivity index (χ1) is 6.06. The minimum atomic E-state index is 1.10. The summed E-state index contributed by atoms with van der Waals surface area (Å²) < 4.78 is 0. The molecule has 0 atom stereocenters. The van der Waals surface area contributed by atoms with Crippen LogP contribution in [0.5, 0.6) is 0 Å². The number of aryl methyl sites for hydroxylation is 3. The van der Waals surface area contributed by atoms with Gasteiger partial charge in [-0.1, -0.05) is 6.08 Å². The van der Waals surface area contributed by atoms with Crippen molar-refractivity contribution < 1.29 is 0 Å². The van der Waals surface area contributed by atoms with E-state index in [1.807, 2.05) is 6.92 Å². The Bertz CT molecular complexity index is 325. The lowest BCUT2D eigenvalue weighted by molar-refractivity contribution is 1.09. The fourth-order valence-corrected chi connectivity index (χ4v) is 1.76. The van der Waals surface area contributed by atoms with Gasteiger partial charge in [-0.05, 0) is 51.8 Å². The maximum atomic E-state index is 4.46. The lowest BCUT2D eigenvalue weighted by Gasteiger charge is -2.10. The van der Waals surface area contributed by atoms with Crippen molar-refractivity contribution >= 4 is 5.57 Å². The first-order valence-corrected chi connectivity index (χ1v) is 4.64. The highest BCUT2D eigenvalue weighted by Crippen LogP contribution is 2.21. The molecule has 0 aliphatic rings. The molecule has 0 unspecified atom stereocenters. The van der Waals surface area contributed by atoms with Crippen LogP contribution in [-0.2, 0) is 0 Å². The van der Waals surface area contributed by atoms with E-state index < -0.39 is 0 Å². The van der Waals surface area contributed by atoms with Crippen LogP contribution in [0.1, 0.15) is 36.4 Å². The summed E-state index contributed by atoms with van der Waals surface area (Å²) >= 11 is 0. The SMILES string of the molecule is C/C=C(/C)c1c(C)cc(C)nc1C. The van der Waals surface area contributed by atoms with E-state index in [2.05, 4.69) is 44.8 Å². The highest BCUT2D eigenvalue weighted by molar-refractivity contribution is 5.67. The number of hydrogen-bond donors (Lipinski definition) is 0. The minimum absolute atomic E-state index is 1.10. The van der Waals surface area contributed by atoms with Crippen molar-refractivity contribution in [1.29, 1.82) is 0 Å². The van der Waals surface area contributed by atoms with Gasteiger partial charge < -0.3 is 0 Å². The first kappa shape index (κ1) is 9.97. The molecule has 0 spiro atoms. The average Bonchev–Trinajstić information content (AvgIpc) is 2.02. The Balaban J connectivity index is 3.37. The third kappa shape index (κ3) is 1.97. The zero-order valence-corrected chi connectivity index (χ0v) is 9.10. The molecule has 70 valence electrons. The van der Waals surface area contributed by atoms with E-state index in [9.17, 15) is 0 Å². The van der Waals surface area contributed by atoms with Crippen molar-refractivity contribution in [2.45, 2.75) is 34.6 Å². The molecule has 0 amide bonds. The Morgan fingerprint density at radius 3 is 2.38 bits per heavy atom. The summed E-state index contributed by atoms with van der Waals surface area (Å²) in [5, 5.41) is 0. The molecule has 0 aliphatic heterocycles. The normalized spacial score (nSPS) is 11.9. The van der Waals surface area contributed by atoms with Gasteiger partial charge in [0.15, 0.2) is 0 Å². The number of nitrogens with zero attached hydrogens (tertiary/aromatic N) is 1. The molecule has 0 aliphatic carbocycles. The molecule has 0 aromatic carbocycles. The van der Waals surface area contributed by atoms with Crippen molar-refractivity contribution in [3.05, 3.63) is 34.7 Å². The Kier molecular flexibility index (Phi) is 2.86. The van der Waals surface area contributed by atoms with Crippen LogP contribution in [0, 0.1) is 20.8 Å². The predicted octanol–water partition coefficient (Wildman–Crippen LogP) is 3.43. The van der Waals surface area contributed by atoms with E-state index in [1.54, 1.807) is 0 Å². The molecule has 0 radical (unpaired) electrons. The average molecular weight is 175 g/mol. The number of allylic oxidation sites excluding steroid dienone is 2. The number of aromatic nitrogens is 1. The molecule has 1 rings (SSSR count). The summed E-state index contributed by atoms with van der Waals surface area (Å²) in [5.74, 6) is 0. The quantitative estimate of drug-likeness (QED) is 0.637. The van der Waals surface area contributed by atoms with Gasteiger partial charge in [0.1, 0.15) is 0 Å². The predicted molar refractivity (Wildman–Crippen MR) is 57.8 cm³/mol. The van der Waals surface area contributed by atoms with Gasteiger partial charge in [-0.2, -0.15) is 0 Å². The minimum Gasteiger partial charge on any atom is -0.258 e. The third-order valence-electron chi connectivity index (χ3n) is 2.35. The summed E-state index contributed by atoms with van der Waals surface area (Å²) in [6.45, 7) is 10.4. The van der Waals surface area contributed by atoms with Crippen LogP contribution in [0.15, 0.2) is 12.1 Å². The molecular formula is C12H17N.